The number of thiophene rings is 1. The first-order valence-electron chi connectivity index (χ1n) is 11.0. The Kier molecular flexibility index (Phi) is 6.93. The number of rotatable bonds is 5. The normalized spacial score (nSPS) is 17.8. The second-order valence-corrected chi connectivity index (χ2v) is 9.68. The van der Waals surface area contributed by atoms with Crippen LogP contribution in [0.4, 0.5) is 11.5 Å². The van der Waals surface area contributed by atoms with E-state index in [9.17, 15) is 4.79 Å². The van der Waals surface area contributed by atoms with Crippen molar-refractivity contribution in [3.63, 3.8) is 0 Å². The van der Waals surface area contributed by atoms with Gasteiger partial charge >= 0.3 is 0 Å². The number of amides is 1. The first-order valence-corrected chi connectivity index (χ1v) is 11.8. The molecule has 0 saturated carbocycles. The standard InChI is InChI=1S/C25H28N4O2S.ClH/c1-27(2)20-11-12-28(16-20)23-9-6-19(15-26-23)29-13-10-18-14-22(32-24(18)25(29)30)17-4-7-21(31-3)8-5-17;/h4-9,14-15,20H,10-13,16H2,1-3H3;1H. The first kappa shape index (κ1) is 23.5. The summed E-state index contributed by atoms with van der Waals surface area (Å²) in [4.78, 5) is 26.4. The molecule has 1 atom stereocenters. The Morgan fingerprint density at radius 2 is 1.91 bits per heavy atom. The van der Waals surface area contributed by atoms with Gasteiger partial charge in [0.2, 0.25) is 0 Å². The fraction of sp³-hybridized carbons (Fsp3) is 0.360. The number of nitrogens with zero attached hydrogens (tertiary/aromatic N) is 4. The zero-order valence-corrected chi connectivity index (χ0v) is 20.8. The van der Waals surface area contributed by atoms with Crippen LogP contribution in [0.15, 0.2) is 48.7 Å². The van der Waals surface area contributed by atoms with Crippen LogP contribution >= 0.6 is 23.7 Å². The fourth-order valence-electron chi connectivity index (χ4n) is 4.49. The predicted octanol–water partition coefficient (Wildman–Crippen LogP) is 4.58. The molecule has 33 heavy (non-hydrogen) atoms. The summed E-state index contributed by atoms with van der Waals surface area (Å²) in [7, 11) is 5.93. The van der Waals surface area contributed by atoms with E-state index in [2.05, 4.69) is 30.0 Å². The van der Waals surface area contributed by atoms with E-state index in [4.69, 9.17) is 9.72 Å². The van der Waals surface area contributed by atoms with Crippen molar-refractivity contribution in [3.05, 3.63) is 59.1 Å². The highest BCUT2D eigenvalue weighted by molar-refractivity contribution is 7.17. The summed E-state index contributed by atoms with van der Waals surface area (Å²) in [6.07, 6.45) is 3.85. The van der Waals surface area contributed by atoms with Crippen LogP contribution in [0.3, 0.4) is 0 Å². The molecule has 6 nitrogen and oxygen atoms in total. The Morgan fingerprint density at radius 3 is 2.55 bits per heavy atom. The van der Waals surface area contributed by atoms with Crippen LogP contribution in [0.2, 0.25) is 0 Å². The molecule has 4 heterocycles. The van der Waals surface area contributed by atoms with E-state index in [1.807, 2.05) is 47.5 Å². The maximum atomic E-state index is 13.3. The maximum Gasteiger partial charge on any atom is 0.268 e. The lowest BCUT2D eigenvalue weighted by atomic mass is 10.1. The molecule has 8 heteroatoms. The minimum Gasteiger partial charge on any atom is -0.497 e. The first-order chi connectivity index (χ1) is 15.5. The molecule has 1 aromatic carbocycles. The van der Waals surface area contributed by atoms with Crippen LogP contribution in [-0.2, 0) is 6.42 Å². The Hall–Kier alpha value is -2.61. The molecular formula is C25H29ClN4O2S. The van der Waals surface area contributed by atoms with Gasteiger partial charge in [0, 0.05) is 30.6 Å². The molecule has 0 bridgehead atoms. The fourth-order valence-corrected chi connectivity index (χ4v) is 5.66. The lowest BCUT2D eigenvalue weighted by molar-refractivity contribution is 0.0985. The Morgan fingerprint density at radius 1 is 1.12 bits per heavy atom. The lowest BCUT2D eigenvalue weighted by Crippen LogP contribution is -2.36. The zero-order valence-electron chi connectivity index (χ0n) is 19.2. The summed E-state index contributed by atoms with van der Waals surface area (Å²) in [6.45, 7) is 2.69. The number of benzene rings is 1. The molecule has 2 aromatic heterocycles. The highest BCUT2D eigenvalue weighted by Gasteiger charge is 2.29. The minimum atomic E-state index is 0. The number of methoxy groups -OCH3 is 1. The van der Waals surface area contributed by atoms with Crippen molar-refractivity contribution in [1.29, 1.82) is 0 Å². The van der Waals surface area contributed by atoms with Gasteiger partial charge in [-0.2, -0.15) is 0 Å². The monoisotopic (exact) mass is 484 g/mol. The number of hydrogen-bond acceptors (Lipinski definition) is 6. The van der Waals surface area contributed by atoms with Crippen LogP contribution in [0, 0.1) is 0 Å². The molecule has 0 spiro atoms. The number of aromatic nitrogens is 1. The molecule has 3 aromatic rings. The summed E-state index contributed by atoms with van der Waals surface area (Å²) in [6, 6.07) is 14.8. The smallest absolute Gasteiger partial charge is 0.268 e. The van der Waals surface area contributed by atoms with Crippen molar-refractivity contribution in [2.24, 2.45) is 0 Å². The van der Waals surface area contributed by atoms with E-state index in [-0.39, 0.29) is 18.3 Å². The second-order valence-electron chi connectivity index (χ2n) is 8.63. The highest BCUT2D eigenvalue weighted by Crippen LogP contribution is 2.36. The Balaban J connectivity index is 0.00000259. The Bertz CT molecular complexity index is 1110. The average molecular weight is 485 g/mol. The van der Waals surface area contributed by atoms with Gasteiger partial charge in [-0.05, 0) is 80.5 Å². The van der Waals surface area contributed by atoms with Gasteiger partial charge in [-0.3, -0.25) is 4.79 Å². The van der Waals surface area contributed by atoms with Crippen LogP contribution in [-0.4, -0.2) is 62.7 Å². The third kappa shape index (κ3) is 4.58. The van der Waals surface area contributed by atoms with E-state index in [0.717, 1.165) is 64.1 Å². The maximum absolute atomic E-state index is 13.3. The summed E-state index contributed by atoms with van der Waals surface area (Å²) < 4.78 is 5.25. The number of hydrogen-bond donors (Lipinski definition) is 0. The van der Waals surface area contributed by atoms with Gasteiger partial charge in [0.05, 0.1) is 23.9 Å². The summed E-state index contributed by atoms with van der Waals surface area (Å²) in [5.74, 6) is 1.89. The molecule has 1 amide bonds. The molecule has 0 N–H and O–H groups in total. The SMILES string of the molecule is COc1ccc(-c2cc3c(s2)C(=O)N(c2ccc(N4CCC(N(C)C)C4)nc2)CC3)cc1.Cl. The molecule has 2 aliphatic heterocycles. The number of ether oxygens (including phenoxy) is 1. The van der Waals surface area contributed by atoms with Crippen LogP contribution in [0.1, 0.15) is 21.7 Å². The highest BCUT2D eigenvalue weighted by atomic mass is 35.5. The molecular weight excluding hydrogens is 456 g/mol. The topological polar surface area (TPSA) is 48.9 Å². The number of carbonyl (C=O) groups is 1. The van der Waals surface area contributed by atoms with Crippen molar-refractivity contribution < 1.29 is 9.53 Å². The number of likely N-dealkylation sites (N-methyl/N-ethyl adjacent to an activating group) is 1. The predicted molar refractivity (Wildman–Crippen MR) is 137 cm³/mol. The van der Waals surface area contributed by atoms with Gasteiger partial charge < -0.3 is 19.4 Å². The van der Waals surface area contributed by atoms with E-state index >= 15 is 0 Å². The second kappa shape index (κ2) is 9.71. The molecule has 0 aliphatic carbocycles. The van der Waals surface area contributed by atoms with Gasteiger partial charge in [-0.15, -0.1) is 23.7 Å². The van der Waals surface area contributed by atoms with Crippen LogP contribution < -0.4 is 14.5 Å². The van der Waals surface area contributed by atoms with Crippen LogP contribution in [0.5, 0.6) is 5.75 Å². The van der Waals surface area contributed by atoms with E-state index in [1.54, 1.807) is 18.4 Å². The molecule has 174 valence electrons. The van der Waals surface area contributed by atoms with Gasteiger partial charge in [-0.1, -0.05) is 0 Å². The Labute approximate surface area is 205 Å². The van der Waals surface area contributed by atoms with Crippen molar-refractivity contribution in [1.82, 2.24) is 9.88 Å². The number of fused-ring (bicyclic) bond motifs is 1. The van der Waals surface area contributed by atoms with Gasteiger partial charge in [0.25, 0.3) is 5.91 Å². The molecule has 2 aliphatic rings. The number of pyridine rings is 1. The largest absolute Gasteiger partial charge is 0.497 e. The summed E-state index contributed by atoms with van der Waals surface area (Å²) in [5, 5.41) is 0. The van der Waals surface area contributed by atoms with Gasteiger partial charge in [0.15, 0.2) is 0 Å². The number of anilines is 2. The molecule has 5 rings (SSSR count). The van der Waals surface area contributed by atoms with Gasteiger partial charge in [-0.25, -0.2) is 4.98 Å². The van der Waals surface area contributed by atoms with Gasteiger partial charge in [0.1, 0.15) is 11.6 Å². The molecule has 0 radical (unpaired) electrons. The van der Waals surface area contributed by atoms with Crippen molar-refractivity contribution in [2.45, 2.75) is 18.9 Å². The van der Waals surface area contributed by atoms with E-state index in [1.165, 1.54) is 0 Å². The molecule has 1 fully saturated rings. The number of halogens is 1. The van der Waals surface area contributed by atoms with Crippen molar-refractivity contribution in [2.75, 3.05) is 50.6 Å². The van der Waals surface area contributed by atoms with E-state index < -0.39 is 0 Å². The van der Waals surface area contributed by atoms with Crippen LogP contribution in [0.25, 0.3) is 10.4 Å². The average Bonchev–Trinajstić information content (AvgIpc) is 3.48. The lowest BCUT2D eigenvalue weighted by Gasteiger charge is -2.27. The molecule has 1 saturated heterocycles. The quantitative estimate of drug-likeness (QED) is 0.530. The van der Waals surface area contributed by atoms with Crippen molar-refractivity contribution >= 4 is 41.2 Å². The molecule has 1 unspecified atom stereocenters. The summed E-state index contributed by atoms with van der Waals surface area (Å²) >= 11 is 1.57. The van der Waals surface area contributed by atoms with E-state index in [0.29, 0.717) is 12.6 Å². The third-order valence-corrected chi connectivity index (χ3v) is 7.70. The summed E-state index contributed by atoms with van der Waals surface area (Å²) in [5.41, 5.74) is 3.11. The zero-order chi connectivity index (χ0) is 22.2. The minimum absolute atomic E-state index is 0. The number of carbonyl (C=O) groups excluding carboxylic acids is 1. The third-order valence-electron chi connectivity index (χ3n) is 6.49. The van der Waals surface area contributed by atoms with Crippen molar-refractivity contribution in [3.8, 4) is 16.2 Å².